The van der Waals surface area contributed by atoms with E-state index < -0.39 is 6.04 Å². The molecule has 2 heterocycles. The van der Waals surface area contributed by atoms with E-state index in [9.17, 15) is 9.59 Å². The zero-order valence-electron chi connectivity index (χ0n) is 16.9. The quantitative estimate of drug-likeness (QED) is 0.567. The molecule has 0 radical (unpaired) electrons. The van der Waals surface area contributed by atoms with Gasteiger partial charge in [-0.05, 0) is 55.7 Å². The monoisotopic (exact) mass is 418 g/mol. The first-order valence-corrected chi connectivity index (χ1v) is 10.0. The lowest BCUT2D eigenvalue weighted by Crippen LogP contribution is -2.47. The molecule has 4 rings (SSSR count). The zero-order valence-corrected chi connectivity index (χ0v) is 17.8. The number of hydrogen-bond acceptors (Lipinski definition) is 3. The van der Waals surface area contributed by atoms with Crippen LogP contribution < -0.4 is 16.2 Å². The smallest absolute Gasteiger partial charge is 0.255 e. The van der Waals surface area contributed by atoms with Crippen LogP contribution in [0.15, 0.2) is 70.7 Å². The lowest BCUT2D eigenvalue weighted by Gasteiger charge is -2.35. The molecule has 2 aromatic carbocycles. The van der Waals surface area contributed by atoms with E-state index in [2.05, 4.69) is 15.6 Å². The lowest BCUT2D eigenvalue weighted by molar-refractivity contribution is -0.113. The number of aryl methyl sites for hydroxylation is 1. The first-order valence-electron chi connectivity index (χ1n) is 9.60. The number of carbonyl (C=O) groups excluding carboxylic acids is 1. The molecule has 1 aliphatic heterocycles. The van der Waals surface area contributed by atoms with E-state index in [-0.39, 0.29) is 11.5 Å². The highest BCUT2D eigenvalue weighted by molar-refractivity contribution is 7.80. The maximum Gasteiger partial charge on any atom is 0.255 e. The molecule has 1 atom stereocenters. The van der Waals surface area contributed by atoms with E-state index >= 15 is 0 Å². The molecule has 3 N–H and O–H groups in total. The normalized spacial score (nSPS) is 16.6. The van der Waals surface area contributed by atoms with Crippen LogP contribution in [0.4, 0.5) is 5.69 Å². The van der Waals surface area contributed by atoms with Crippen molar-refractivity contribution in [2.75, 3.05) is 12.4 Å². The lowest BCUT2D eigenvalue weighted by atomic mass is 9.94. The van der Waals surface area contributed by atoms with Crippen LogP contribution in [0.5, 0.6) is 0 Å². The highest BCUT2D eigenvalue weighted by Crippen LogP contribution is 2.30. The van der Waals surface area contributed by atoms with Crippen molar-refractivity contribution in [3.05, 3.63) is 87.3 Å². The van der Waals surface area contributed by atoms with Crippen molar-refractivity contribution in [1.82, 2.24) is 15.2 Å². The molecule has 6 nitrogen and oxygen atoms in total. The van der Waals surface area contributed by atoms with E-state index in [1.165, 1.54) is 0 Å². The standard InChI is InChI=1S/C23H22N4O2S/c1-13-8-10-16(11-9-13)24-22(29)19-14(2)27(3)23(30)26-20(19)17-12-15-6-4-5-7-18(15)25-21(17)28/h4-12,20H,1-3H3,(H,24,29)(H,25,28)(H,26,30)/t20-/m1/s1. The molecular formula is C23H22N4O2S. The highest BCUT2D eigenvalue weighted by atomic mass is 32.1. The Labute approximate surface area is 179 Å². The van der Waals surface area contributed by atoms with Crippen LogP contribution in [0.2, 0.25) is 0 Å². The van der Waals surface area contributed by atoms with Gasteiger partial charge in [0.05, 0.1) is 11.6 Å². The number of rotatable bonds is 3. The fourth-order valence-electron chi connectivity index (χ4n) is 3.58. The Balaban J connectivity index is 1.80. The number of aromatic amines is 1. The summed E-state index contributed by atoms with van der Waals surface area (Å²) in [6.07, 6.45) is 0. The SMILES string of the molecule is CC1=C(C(=O)Nc2ccc(C)cc2)[C@@H](c2cc3ccccc3[nH]c2=O)NC(=S)N1C. The first kappa shape index (κ1) is 19.8. The number of hydrogen-bond donors (Lipinski definition) is 3. The summed E-state index contributed by atoms with van der Waals surface area (Å²) in [6, 6.07) is 16.3. The number of amides is 1. The molecule has 7 heteroatoms. The summed E-state index contributed by atoms with van der Waals surface area (Å²) >= 11 is 5.44. The van der Waals surface area contributed by atoms with Gasteiger partial charge < -0.3 is 20.5 Å². The largest absolute Gasteiger partial charge is 0.351 e. The van der Waals surface area contributed by atoms with E-state index in [1.807, 2.05) is 68.4 Å². The van der Waals surface area contributed by atoms with Gasteiger partial charge in [-0.2, -0.15) is 0 Å². The number of pyridine rings is 1. The van der Waals surface area contributed by atoms with Crippen molar-refractivity contribution in [3.63, 3.8) is 0 Å². The van der Waals surface area contributed by atoms with Crippen LogP contribution in [0, 0.1) is 6.92 Å². The minimum absolute atomic E-state index is 0.257. The molecule has 1 aromatic heterocycles. The van der Waals surface area contributed by atoms with Crippen LogP contribution in [0.25, 0.3) is 10.9 Å². The Morgan fingerprint density at radius 1 is 1.10 bits per heavy atom. The molecule has 0 spiro atoms. The number of fused-ring (bicyclic) bond motifs is 1. The summed E-state index contributed by atoms with van der Waals surface area (Å²) in [5.41, 5.74) is 3.87. The first-order chi connectivity index (χ1) is 14.3. The molecule has 0 unspecified atom stereocenters. The molecule has 0 fully saturated rings. The van der Waals surface area contributed by atoms with Gasteiger partial charge in [0.2, 0.25) is 0 Å². The number of anilines is 1. The Hall–Kier alpha value is -3.45. The highest BCUT2D eigenvalue weighted by Gasteiger charge is 2.34. The Bertz CT molecular complexity index is 1240. The number of benzene rings is 2. The van der Waals surface area contributed by atoms with E-state index in [0.717, 1.165) is 16.5 Å². The van der Waals surface area contributed by atoms with Gasteiger partial charge in [-0.25, -0.2) is 0 Å². The minimum atomic E-state index is -0.660. The van der Waals surface area contributed by atoms with Crippen molar-refractivity contribution >= 4 is 39.8 Å². The molecule has 0 aliphatic carbocycles. The fourth-order valence-corrected chi connectivity index (χ4v) is 3.83. The summed E-state index contributed by atoms with van der Waals surface area (Å²) < 4.78 is 0. The van der Waals surface area contributed by atoms with Gasteiger partial charge in [-0.3, -0.25) is 9.59 Å². The maximum absolute atomic E-state index is 13.3. The average Bonchev–Trinajstić information content (AvgIpc) is 2.73. The van der Waals surface area contributed by atoms with Gasteiger partial charge in [-0.15, -0.1) is 0 Å². The molecule has 0 bridgehead atoms. The van der Waals surface area contributed by atoms with Gasteiger partial charge in [0.25, 0.3) is 11.5 Å². The summed E-state index contributed by atoms with van der Waals surface area (Å²) in [7, 11) is 1.80. The van der Waals surface area contributed by atoms with Gasteiger partial charge in [0.1, 0.15) is 0 Å². The van der Waals surface area contributed by atoms with Gasteiger partial charge in [-0.1, -0.05) is 35.9 Å². The minimum Gasteiger partial charge on any atom is -0.351 e. The van der Waals surface area contributed by atoms with Crippen molar-refractivity contribution in [2.45, 2.75) is 19.9 Å². The van der Waals surface area contributed by atoms with E-state index in [1.54, 1.807) is 11.9 Å². The number of para-hydroxylation sites is 1. The van der Waals surface area contributed by atoms with Crippen molar-refractivity contribution in [3.8, 4) is 0 Å². The Morgan fingerprint density at radius 2 is 1.80 bits per heavy atom. The Kier molecular flexibility index (Phi) is 5.13. The summed E-state index contributed by atoms with van der Waals surface area (Å²) in [6.45, 7) is 3.82. The van der Waals surface area contributed by atoms with Crippen molar-refractivity contribution < 1.29 is 4.79 Å². The fraction of sp³-hybridized carbons (Fsp3) is 0.174. The number of allylic oxidation sites excluding steroid dienone is 1. The van der Waals surface area contributed by atoms with Gasteiger partial charge in [0, 0.05) is 29.5 Å². The molecule has 0 saturated heterocycles. The van der Waals surface area contributed by atoms with E-state index in [4.69, 9.17) is 12.2 Å². The topological polar surface area (TPSA) is 77.2 Å². The number of thiocarbonyl (C=S) groups is 1. The molecule has 1 amide bonds. The third-order valence-corrected chi connectivity index (χ3v) is 5.79. The second-order valence-electron chi connectivity index (χ2n) is 7.40. The van der Waals surface area contributed by atoms with E-state index in [0.29, 0.717) is 27.6 Å². The molecule has 152 valence electrons. The number of H-pyrrole nitrogens is 1. The van der Waals surface area contributed by atoms with Crippen LogP contribution in [0.3, 0.4) is 0 Å². The number of nitrogens with one attached hydrogen (secondary N) is 3. The number of aromatic nitrogens is 1. The average molecular weight is 419 g/mol. The molecule has 3 aromatic rings. The Morgan fingerprint density at radius 3 is 2.53 bits per heavy atom. The number of nitrogens with zero attached hydrogens (tertiary/aromatic N) is 1. The zero-order chi connectivity index (χ0) is 21.4. The maximum atomic E-state index is 13.3. The van der Waals surface area contributed by atoms with Gasteiger partial charge in [0.15, 0.2) is 5.11 Å². The second kappa shape index (κ2) is 7.76. The van der Waals surface area contributed by atoms with Crippen LogP contribution >= 0.6 is 12.2 Å². The molecule has 1 aliphatic rings. The summed E-state index contributed by atoms with van der Waals surface area (Å²) in [5, 5.41) is 7.44. The molecular weight excluding hydrogens is 396 g/mol. The van der Waals surface area contributed by atoms with Crippen molar-refractivity contribution in [2.24, 2.45) is 0 Å². The van der Waals surface area contributed by atoms with Gasteiger partial charge >= 0.3 is 0 Å². The van der Waals surface area contributed by atoms with Crippen molar-refractivity contribution in [1.29, 1.82) is 0 Å². The number of carbonyl (C=O) groups is 1. The third kappa shape index (κ3) is 3.59. The van der Waals surface area contributed by atoms with Crippen LogP contribution in [-0.4, -0.2) is 28.0 Å². The summed E-state index contributed by atoms with van der Waals surface area (Å²) in [4.78, 5) is 30.8. The third-order valence-electron chi connectivity index (χ3n) is 5.40. The van der Waals surface area contributed by atoms with Crippen LogP contribution in [-0.2, 0) is 4.79 Å². The molecule has 30 heavy (non-hydrogen) atoms. The predicted octanol–water partition coefficient (Wildman–Crippen LogP) is 3.61. The van der Waals surface area contributed by atoms with Crippen LogP contribution in [0.1, 0.15) is 24.1 Å². The summed E-state index contributed by atoms with van der Waals surface area (Å²) in [5.74, 6) is -0.282. The second-order valence-corrected chi connectivity index (χ2v) is 7.79. The predicted molar refractivity (Wildman–Crippen MR) is 123 cm³/mol. The molecule has 0 saturated carbocycles.